The van der Waals surface area contributed by atoms with Crippen LogP contribution < -0.4 is 5.32 Å². The normalized spacial score (nSPS) is 21.3. The van der Waals surface area contributed by atoms with Gasteiger partial charge in [-0.3, -0.25) is 14.5 Å². The number of hydrogen-bond donors (Lipinski definition) is 1. The van der Waals surface area contributed by atoms with E-state index in [-0.39, 0.29) is 18.5 Å². The molecule has 2 aromatic carbocycles. The van der Waals surface area contributed by atoms with Gasteiger partial charge in [0.1, 0.15) is 12.1 Å². The van der Waals surface area contributed by atoms with Crippen LogP contribution in [0.1, 0.15) is 63.1 Å². The number of nitrogens with zero attached hydrogens (tertiary/aromatic N) is 2. The van der Waals surface area contributed by atoms with E-state index in [0.717, 1.165) is 28.9 Å². The van der Waals surface area contributed by atoms with Crippen LogP contribution in [0.3, 0.4) is 0 Å². The summed E-state index contributed by atoms with van der Waals surface area (Å²) in [6.45, 7) is 8.19. The summed E-state index contributed by atoms with van der Waals surface area (Å²) in [6, 6.07) is 17.1. The molecule has 1 aliphatic carbocycles. The molecule has 0 bridgehead atoms. The summed E-state index contributed by atoms with van der Waals surface area (Å²) in [5, 5.41) is 2.82. The monoisotopic (exact) mass is 447 g/mol. The van der Waals surface area contributed by atoms with E-state index < -0.39 is 17.5 Å². The van der Waals surface area contributed by atoms with Gasteiger partial charge in [0, 0.05) is 12.6 Å². The fraction of sp³-hybridized carbons (Fsp3) is 0.444. The van der Waals surface area contributed by atoms with E-state index in [4.69, 9.17) is 0 Å². The van der Waals surface area contributed by atoms with Crippen LogP contribution in [0.2, 0.25) is 0 Å². The van der Waals surface area contributed by atoms with E-state index >= 15 is 0 Å². The van der Waals surface area contributed by atoms with Crippen LogP contribution in [0.5, 0.6) is 0 Å². The second-order valence-corrected chi connectivity index (χ2v) is 9.81. The summed E-state index contributed by atoms with van der Waals surface area (Å²) in [4.78, 5) is 42.4. The van der Waals surface area contributed by atoms with Gasteiger partial charge in [-0.2, -0.15) is 0 Å². The average Bonchev–Trinajstić information content (AvgIpc) is 3.63. The first-order chi connectivity index (χ1) is 15.7. The van der Waals surface area contributed by atoms with Gasteiger partial charge in [-0.1, -0.05) is 68.4 Å². The van der Waals surface area contributed by atoms with Crippen LogP contribution in [0.25, 0.3) is 0 Å². The summed E-state index contributed by atoms with van der Waals surface area (Å²) in [5.41, 5.74) is 1.73. The van der Waals surface area contributed by atoms with Crippen LogP contribution >= 0.6 is 0 Å². The third-order valence-electron chi connectivity index (χ3n) is 7.03. The van der Waals surface area contributed by atoms with E-state index in [1.807, 2.05) is 59.5 Å². The molecule has 33 heavy (non-hydrogen) atoms. The number of urea groups is 1. The van der Waals surface area contributed by atoms with Crippen molar-refractivity contribution in [3.05, 3.63) is 71.3 Å². The van der Waals surface area contributed by atoms with Crippen LogP contribution in [0, 0.1) is 5.92 Å². The number of carbonyl (C=O) groups is 3. The molecule has 6 heteroatoms. The molecule has 1 heterocycles. The summed E-state index contributed by atoms with van der Waals surface area (Å²) in [6.07, 6.45) is 2.21. The van der Waals surface area contributed by atoms with Crippen molar-refractivity contribution < 1.29 is 14.4 Å². The molecule has 1 saturated carbocycles. The van der Waals surface area contributed by atoms with Crippen LogP contribution in [-0.2, 0) is 21.7 Å². The molecule has 2 fully saturated rings. The number of benzene rings is 2. The lowest BCUT2D eigenvalue weighted by molar-refractivity contribution is -0.140. The van der Waals surface area contributed by atoms with E-state index in [2.05, 4.69) is 26.1 Å². The zero-order chi connectivity index (χ0) is 23.8. The largest absolute Gasteiger partial charge is 0.334 e. The van der Waals surface area contributed by atoms with E-state index in [0.29, 0.717) is 23.9 Å². The van der Waals surface area contributed by atoms with Crippen LogP contribution in [-0.4, -0.2) is 40.2 Å². The van der Waals surface area contributed by atoms with Crippen molar-refractivity contribution in [3.63, 3.8) is 0 Å². The van der Waals surface area contributed by atoms with Crippen molar-refractivity contribution in [3.8, 4) is 0 Å². The highest BCUT2D eigenvalue weighted by molar-refractivity contribution is 6.09. The Hall–Kier alpha value is -3.15. The SMILES string of the molecule is CC(C)c1ccc(C2(C)NC(=O)N(CC(=O)N(Cc3ccccc3)C(C)C3CC3)C2=O)cc1. The molecule has 1 aliphatic heterocycles. The Morgan fingerprint density at radius 3 is 2.27 bits per heavy atom. The van der Waals surface area contributed by atoms with Crippen molar-refractivity contribution in [2.24, 2.45) is 5.92 Å². The second kappa shape index (κ2) is 9.00. The summed E-state index contributed by atoms with van der Waals surface area (Å²) < 4.78 is 0. The number of hydrogen-bond acceptors (Lipinski definition) is 3. The highest BCUT2D eigenvalue weighted by Gasteiger charge is 2.50. The molecule has 4 rings (SSSR count). The number of rotatable bonds is 8. The maximum atomic E-state index is 13.4. The molecule has 1 saturated heterocycles. The Kier molecular flexibility index (Phi) is 6.28. The molecule has 4 amide bonds. The van der Waals surface area contributed by atoms with E-state index in [9.17, 15) is 14.4 Å². The fourth-order valence-corrected chi connectivity index (χ4v) is 4.54. The Morgan fingerprint density at radius 1 is 1.06 bits per heavy atom. The first kappa shape index (κ1) is 23.0. The molecule has 2 atom stereocenters. The predicted molar refractivity (Wildman–Crippen MR) is 127 cm³/mol. The summed E-state index contributed by atoms with van der Waals surface area (Å²) >= 11 is 0. The van der Waals surface area contributed by atoms with Crippen molar-refractivity contribution in [2.75, 3.05) is 6.54 Å². The molecule has 2 unspecified atom stereocenters. The molecule has 1 N–H and O–H groups in total. The lowest BCUT2D eigenvalue weighted by Crippen LogP contribution is -2.47. The lowest BCUT2D eigenvalue weighted by atomic mass is 9.90. The first-order valence-corrected chi connectivity index (χ1v) is 11.8. The van der Waals surface area contributed by atoms with Crippen molar-refractivity contribution >= 4 is 17.8 Å². The molecule has 174 valence electrons. The minimum Gasteiger partial charge on any atom is -0.334 e. The number of amides is 4. The lowest BCUT2D eigenvalue weighted by Gasteiger charge is -2.31. The topological polar surface area (TPSA) is 69.7 Å². The molecule has 0 spiro atoms. The number of carbonyl (C=O) groups excluding carboxylic acids is 3. The zero-order valence-electron chi connectivity index (χ0n) is 19.9. The first-order valence-electron chi connectivity index (χ1n) is 11.8. The smallest absolute Gasteiger partial charge is 0.325 e. The average molecular weight is 448 g/mol. The number of imide groups is 1. The van der Waals surface area contributed by atoms with Crippen LogP contribution in [0.4, 0.5) is 4.79 Å². The van der Waals surface area contributed by atoms with E-state index in [1.54, 1.807) is 6.92 Å². The van der Waals surface area contributed by atoms with Gasteiger partial charge >= 0.3 is 6.03 Å². The summed E-state index contributed by atoms with van der Waals surface area (Å²) in [5.74, 6) is 0.252. The maximum absolute atomic E-state index is 13.4. The standard InChI is InChI=1S/C27H33N3O3/c1-18(2)21-12-14-23(15-13-21)27(4)25(32)30(26(33)28-27)17-24(31)29(19(3)22-10-11-22)16-20-8-6-5-7-9-20/h5-9,12-15,18-19,22H,10-11,16-17H2,1-4H3,(H,28,33). The summed E-state index contributed by atoms with van der Waals surface area (Å²) in [7, 11) is 0. The minimum absolute atomic E-state index is 0.0634. The maximum Gasteiger partial charge on any atom is 0.325 e. The Balaban J connectivity index is 1.52. The van der Waals surface area contributed by atoms with Crippen molar-refractivity contribution in [1.82, 2.24) is 15.1 Å². The quantitative estimate of drug-likeness (QED) is 0.610. The Morgan fingerprint density at radius 2 is 1.70 bits per heavy atom. The van der Waals surface area contributed by atoms with Gasteiger partial charge in [-0.25, -0.2) is 4.79 Å². The highest BCUT2D eigenvalue weighted by atomic mass is 16.2. The third-order valence-corrected chi connectivity index (χ3v) is 7.03. The number of nitrogens with one attached hydrogen (secondary N) is 1. The molecule has 2 aromatic rings. The molecule has 0 radical (unpaired) electrons. The van der Waals surface area contributed by atoms with E-state index in [1.165, 1.54) is 0 Å². The van der Waals surface area contributed by atoms with Gasteiger partial charge in [0.15, 0.2) is 0 Å². The molecule has 6 nitrogen and oxygen atoms in total. The molecule has 2 aliphatic rings. The van der Waals surface area contributed by atoms with Gasteiger partial charge in [-0.05, 0) is 55.2 Å². The van der Waals surface area contributed by atoms with Gasteiger partial charge in [-0.15, -0.1) is 0 Å². The van der Waals surface area contributed by atoms with Gasteiger partial charge in [0.05, 0.1) is 0 Å². The van der Waals surface area contributed by atoms with Crippen LogP contribution in [0.15, 0.2) is 54.6 Å². The van der Waals surface area contributed by atoms with Crippen molar-refractivity contribution in [2.45, 2.75) is 64.6 Å². The molecule has 0 aromatic heterocycles. The van der Waals surface area contributed by atoms with Gasteiger partial charge in [0.2, 0.25) is 5.91 Å². The molecular formula is C27H33N3O3. The Bertz CT molecular complexity index is 1030. The van der Waals surface area contributed by atoms with Gasteiger partial charge < -0.3 is 10.2 Å². The highest BCUT2D eigenvalue weighted by Crippen LogP contribution is 2.36. The Labute approximate surface area is 196 Å². The van der Waals surface area contributed by atoms with Gasteiger partial charge in [0.25, 0.3) is 5.91 Å². The van der Waals surface area contributed by atoms with Crippen molar-refractivity contribution in [1.29, 1.82) is 0 Å². The molecular weight excluding hydrogens is 414 g/mol. The second-order valence-electron chi connectivity index (χ2n) is 9.81. The third kappa shape index (κ3) is 4.65. The fourth-order valence-electron chi connectivity index (χ4n) is 4.54. The minimum atomic E-state index is -1.18. The zero-order valence-corrected chi connectivity index (χ0v) is 19.9. The predicted octanol–water partition coefficient (Wildman–Crippen LogP) is 4.40.